The Morgan fingerprint density at radius 2 is 2.00 bits per heavy atom. The molecule has 0 aliphatic heterocycles. The van der Waals surface area contributed by atoms with Gasteiger partial charge < -0.3 is 0 Å². The summed E-state index contributed by atoms with van der Waals surface area (Å²) in [5.74, 6) is 0.887. The van der Waals surface area contributed by atoms with E-state index in [2.05, 4.69) is 15.1 Å². The molecule has 0 saturated carbocycles. The zero-order valence-corrected chi connectivity index (χ0v) is 14.2. The summed E-state index contributed by atoms with van der Waals surface area (Å²) < 4.78 is 1.78. The molecule has 114 valence electrons. The third-order valence-electron chi connectivity index (χ3n) is 3.20. The molecule has 2 heterocycles. The van der Waals surface area contributed by atoms with E-state index < -0.39 is 0 Å². The summed E-state index contributed by atoms with van der Waals surface area (Å²) in [5.41, 5.74) is 1.77. The Kier molecular flexibility index (Phi) is 4.86. The van der Waals surface area contributed by atoms with Crippen LogP contribution in [0.5, 0.6) is 0 Å². The topological polar surface area (TPSA) is 43.6 Å². The summed E-state index contributed by atoms with van der Waals surface area (Å²) in [5, 5.41) is 6.02. The number of thioether (sulfide) groups is 1. The molecule has 3 rings (SSSR count). The molecule has 7 heteroatoms. The lowest BCUT2D eigenvalue weighted by Crippen LogP contribution is -2.07. The summed E-state index contributed by atoms with van der Waals surface area (Å²) in [6.45, 7) is 2.58. The van der Waals surface area contributed by atoms with Gasteiger partial charge in [-0.3, -0.25) is 0 Å². The van der Waals surface area contributed by atoms with Crippen LogP contribution in [0.1, 0.15) is 17.9 Å². The van der Waals surface area contributed by atoms with Gasteiger partial charge in [0.1, 0.15) is 5.15 Å². The van der Waals surface area contributed by atoms with E-state index in [9.17, 15) is 0 Å². The fraction of sp³-hybridized carbons (Fsp3) is 0.267. The van der Waals surface area contributed by atoms with E-state index in [-0.39, 0.29) is 5.38 Å². The lowest BCUT2D eigenvalue weighted by molar-refractivity contribution is 0.613. The number of hydrogen-bond acceptors (Lipinski definition) is 4. The van der Waals surface area contributed by atoms with Gasteiger partial charge in [-0.05, 0) is 11.3 Å². The molecule has 0 aliphatic carbocycles. The van der Waals surface area contributed by atoms with Crippen molar-refractivity contribution in [3.8, 4) is 0 Å². The van der Waals surface area contributed by atoms with Crippen LogP contribution in [0.25, 0.3) is 11.0 Å². The molecule has 2 aromatic heterocycles. The van der Waals surface area contributed by atoms with E-state index in [1.807, 2.05) is 37.3 Å². The Morgan fingerprint density at radius 1 is 1.23 bits per heavy atom. The number of nitrogens with zero attached hydrogens (tertiary/aromatic N) is 4. The molecule has 1 atom stereocenters. The quantitative estimate of drug-likeness (QED) is 0.292. The summed E-state index contributed by atoms with van der Waals surface area (Å²) in [6.07, 6.45) is 1.69. The van der Waals surface area contributed by atoms with Gasteiger partial charge in [0, 0.05) is 0 Å². The number of fused-ring (bicyclic) bond motifs is 1. The van der Waals surface area contributed by atoms with Crippen molar-refractivity contribution in [2.75, 3.05) is 5.75 Å². The van der Waals surface area contributed by atoms with Crippen LogP contribution in [0.2, 0.25) is 5.15 Å². The van der Waals surface area contributed by atoms with Crippen molar-refractivity contribution >= 4 is 46.0 Å². The van der Waals surface area contributed by atoms with Gasteiger partial charge in [0.05, 0.1) is 23.5 Å². The van der Waals surface area contributed by atoms with Crippen LogP contribution in [0.4, 0.5) is 0 Å². The third-order valence-corrected chi connectivity index (χ3v) is 4.60. The largest absolute Gasteiger partial charge is 0.245 e. The molecular formula is C15H14Cl2N4S. The standard InChI is InChI=1S/C15H14Cl2N4S/c1-2-22-15-19-13(17)11-8-18-21(14(11)20-15)9-12(16)10-6-4-3-5-7-10/h3-8,12H,2,9H2,1H3/t12-/m0/s1. The molecule has 0 amide bonds. The summed E-state index contributed by atoms with van der Waals surface area (Å²) in [4.78, 5) is 8.81. The highest BCUT2D eigenvalue weighted by atomic mass is 35.5. The first-order chi connectivity index (χ1) is 10.7. The van der Waals surface area contributed by atoms with Crippen LogP contribution in [-0.2, 0) is 6.54 Å². The Balaban J connectivity index is 1.94. The van der Waals surface area contributed by atoms with E-state index in [1.54, 1.807) is 22.6 Å². The molecule has 4 nitrogen and oxygen atoms in total. The predicted molar refractivity (Wildman–Crippen MR) is 91.8 cm³/mol. The minimum Gasteiger partial charge on any atom is -0.245 e. The van der Waals surface area contributed by atoms with E-state index in [1.165, 1.54) is 0 Å². The molecule has 22 heavy (non-hydrogen) atoms. The van der Waals surface area contributed by atoms with Gasteiger partial charge in [0.25, 0.3) is 0 Å². The van der Waals surface area contributed by atoms with Crippen LogP contribution in [0, 0.1) is 0 Å². The van der Waals surface area contributed by atoms with Crippen molar-refractivity contribution in [3.63, 3.8) is 0 Å². The van der Waals surface area contributed by atoms with E-state index in [0.29, 0.717) is 16.9 Å². The van der Waals surface area contributed by atoms with Crippen LogP contribution in [0.3, 0.4) is 0 Å². The first kappa shape index (κ1) is 15.6. The Bertz CT molecular complexity index is 776. The average molecular weight is 353 g/mol. The Labute approximate surface area is 142 Å². The molecule has 3 aromatic rings. The molecular weight excluding hydrogens is 339 g/mol. The lowest BCUT2D eigenvalue weighted by Gasteiger charge is -2.10. The smallest absolute Gasteiger partial charge is 0.191 e. The fourth-order valence-corrected chi connectivity index (χ4v) is 3.25. The van der Waals surface area contributed by atoms with Gasteiger partial charge in [-0.25, -0.2) is 14.6 Å². The van der Waals surface area contributed by atoms with Crippen LogP contribution in [-0.4, -0.2) is 25.5 Å². The lowest BCUT2D eigenvalue weighted by atomic mass is 10.1. The number of rotatable bonds is 5. The Morgan fingerprint density at radius 3 is 2.73 bits per heavy atom. The van der Waals surface area contributed by atoms with Gasteiger partial charge in [-0.2, -0.15) is 5.10 Å². The molecule has 0 aliphatic rings. The molecule has 0 unspecified atom stereocenters. The fourth-order valence-electron chi connectivity index (χ4n) is 2.15. The van der Waals surface area contributed by atoms with E-state index in [4.69, 9.17) is 23.2 Å². The summed E-state index contributed by atoms with van der Waals surface area (Å²) in [6, 6.07) is 9.92. The first-order valence-corrected chi connectivity index (χ1v) is 8.70. The number of halogens is 2. The second kappa shape index (κ2) is 6.86. The van der Waals surface area contributed by atoms with Gasteiger partial charge >= 0.3 is 0 Å². The van der Waals surface area contributed by atoms with Crippen LogP contribution in [0.15, 0.2) is 41.7 Å². The monoisotopic (exact) mass is 352 g/mol. The minimum absolute atomic E-state index is 0.180. The maximum absolute atomic E-state index is 6.50. The number of benzene rings is 1. The van der Waals surface area contributed by atoms with Crippen molar-refractivity contribution in [1.29, 1.82) is 0 Å². The molecule has 0 radical (unpaired) electrons. The first-order valence-electron chi connectivity index (χ1n) is 6.90. The molecule has 0 spiro atoms. The number of hydrogen-bond donors (Lipinski definition) is 0. The van der Waals surface area contributed by atoms with Gasteiger partial charge in [-0.1, -0.05) is 60.6 Å². The van der Waals surface area contributed by atoms with Crippen LogP contribution < -0.4 is 0 Å². The SMILES string of the molecule is CCSc1nc(Cl)c2cnn(C[C@H](Cl)c3ccccc3)c2n1. The molecule has 1 aromatic carbocycles. The van der Waals surface area contributed by atoms with Gasteiger partial charge in [-0.15, -0.1) is 11.6 Å². The molecule has 0 N–H and O–H groups in total. The van der Waals surface area contributed by atoms with Crippen molar-refractivity contribution in [3.05, 3.63) is 47.2 Å². The average Bonchev–Trinajstić information content (AvgIpc) is 2.92. The van der Waals surface area contributed by atoms with E-state index in [0.717, 1.165) is 22.3 Å². The van der Waals surface area contributed by atoms with Crippen molar-refractivity contribution in [2.45, 2.75) is 24.0 Å². The molecule has 0 bridgehead atoms. The second-order valence-electron chi connectivity index (χ2n) is 4.67. The Hall–Kier alpha value is -1.30. The second-order valence-corrected chi connectivity index (χ2v) is 6.79. The highest BCUT2D eigenvalue weighted by Crippen LogP contribution is 2.27. The zero-order valence-electron chi connectivity index (χ0n) is 11.9. The third kappa shape index (κ3) is 3.21. The zero-order chi connectivity index (χ0) is 15.5. The van der Waals surface area contributed by atoms with E-state index >= 15 is 0 Å². The van der Waals surface area contributed by atoms with Crippen molar-refractivity contribution in [2.24, 2.45) is 0 Å². The van der Waals surface area contributed by atoms with Gasteiger partial charge in [0.2, 0.25) is 0 Å². The van der Waals surface area contributed by atoms with Crippen molar-refractivity contribution < 1.29 is 0 Å². The summed E-state index contributed by atoms with van der Waals surface area (Å²) in [7, 11) is 0. The predicted octanol–water partition coefficient (Wildman–Crippen LogP) is 4.57. The maximum Gasteiger partial charge on any atom is 0.191 e. The molecule has 0 fully saturated rings. The minimum atomic E-state index is -0.180. The normalized spacial score (nSPS) is 12.7. The summed E-state index contributed by atoms with van der Waals surface area (Å²) >= 11 is 14.3. The van der Waals surface area contributed by atoms with Crippen LogP contribution >= 0.6 is 35.0 Å². The van der Waals surface area contributed by atoms with Crippen molar-refractivity contribution in [1.82, 2.24) is 19.7 Å². The number of alkyl halides is 1. The highest BCUT2D eigenvalue weighted by molar-refractivity contribution is 7.99. The molecule has 0 saturated heterocycles. The maximum atomic E-state index is 6.50. The number of aromatic nitrogens is 4. The highest BCUT2D eigenvalue weighted by Gasteiger charge is 2.15. The van der Waals surface area contributed by atoms with Gasteiger partial charge in [0.15, 0.2) is 10.8 Å².